The molecule has 1 heterocycles. The maximum atomic E-state index is 11.1. The van der Waals surface area contributed by atoms with E-state index < -0.39 is 0 Å². The Kier molecular flexibility index (Phi) is 4.18. The lowest BCUT2D eigenvalue weighted by atomic mass is 10.3. The van der Waals surface area contributed by atoms with Gasteiger partial charge in [0, 0.05) is 26.2 Å². The van der Waals surface area contributed by atoms with E-state index in [2.05, 4.69) is 10.6 Å². The Bertz CT molecular complexity index is 159. The summed E-state index contributed by atoms with van der Waals surface area (Å²) in [6.45, 7) is 3.52. The van der Waals surface area contributed by atoms with Crippen LogP contribution in [0.15, 0.2) is 0 Å². The number of halogens is 1. The number of carbonyl (C=O) groups excluding carboxylic acids is 1. The Morgan fingerprint density at radius 3 is 2.42 bits per heavy atom. The molecule has 0 aromatic heterocycles. The zero-order chi connectivity index (χ0) is 8.97. The van der Waals surface area contributed by atoms with Crippen LogP contribution in [0.25, 0.3) is 0 Å². The standard InChI is InChI=1S/C7H13ClN2OS/c1-12-10-4-2-9(3-5-10)7(11)6-8/h2-6H2,1H3. The van der Waals surface area contributed by atoms with Gasteiger partial charge in [0.15, 0.2) is 0 Å². The van der Waals surface area contributed by atoms with E-state index >= 15 is 0 Å². The van der Waals surface area contributed by atoms with Crippen LogP contribution in [0.2, 0.25) is 0 Å². The SMILES string of the molecule is CSN1CCN(C(=O)CCl)CC1. The molecule has 70 valence electrons. The summed E-state index contributed by atoms with van der Waals surface area (Å²) in [7, 11) is 0. The molecule has 0 atom stereocenters. The van der Waals surface area contributed by atoms with E-state index in [0.29, 0.717) is 0 Å². The first-order chi connectivity index (χ1) is 5.77. The molecular weight excluding hydrogens is 196 g/mol. The van der Waals surface area contributed by atoms with E-state index in [1.165, 1.54) is 0 Å². The molecule has 1 amide bonds. The van der Waals surface area contributed by atoms with Gasteiger partial charge >= 0.3 is 0 Å². The first-order valence-electron chi connectivity index (χ1n) is 3.90. The normalized spacial score (nSPS) is 19.7. The Hall–Kier alpha value is 0.0700. The van der Waals surface area contributed by atoms with Crippen LogP contribution in [0.5, 0.6) is 0 Å². The van der Waals surface area contributed by atoms with Crippen molar-refractivity contribution in [2.24, 2.45) is 0 Å². The minimum atomic E-state index is 0.0532. The molecule has 1 fully saturated rings. The van der Waals surface area contributed by atoms with Crippen molar-refractivity contribution >= 4 is 29.5 Å². The lowest BCUT2D eigenvalue weighted by Gasteiger charge is -2.32. The van der Waals surface area contributed by atoms with Crippen molar-refractivity contribution in [1.82, 2.24) is 9.21 Å². The second-order valence-electron chi connectivity index (χ2n) is 2.63. The molecule has 0 aromatic rings. The number of alkyl halides is 1. The zero-order valence-corrected chi connectivity index (χ0v) is 8.70. The summed E-state index contributed by atoms with van der Waals surface area (Å²) < 4.78 is 2.25. The Balaban J connectivity index is 2.30. The third kappa shape index (κ3) is 2.54. The van der Waals surface area contributed by atoms with Crippen molar-refractivity contribution in [3.05, 3.63) is 0 Å². The molecule has 0 unspecified atom stereocenters. The second kappa shape index (κ2) is 4.94. The van der Waals surface area contributed by atoms with Crippen LogP contribution in [-0.4, -0.2) is 53.4 Å². The van der Waals surface area contributed by atoms with Crippen LogP contribution in [0.3, 0.4) is 0 Å². The van der Waals surface area contributed by atoms with Crippen molar-refractivity contribution in [1.29, 1.82) is 0 Å². The molecule has 0 spiro atoms. The quantitative estimate of drug-likeness (QED) is 0.492. The van der Waals surface area contributed by atoms with E-state index in [1.807, 2.05) is 4.90 Å². The Morgan fingerprint density at radius 2 is 2.00 bits per heavy atom. The summed E-state index contributed by atoms with van der Waals surface area (Å²) in [4.78, 5) is 12.9. The first kappa shape index (κ1) is 10.2. The third-order valence-corrected chi connectivity index (χ3v) is 3.07. The topological polar surface area (TPSA) is 23.6 Å². The van der Waals surface area contributed by atoms with Gasteiger partial charge in [-0.1, -0.05) is 11.9 Å². The number of amides is 1. The summed E-state index contributed by atoms with van der Waals surface area (Å²) in [5.74, 6) is 0.164. The van der Waals surface area contributed by atoms with Crippen LogP contribution < -0.4 is 0 Å². The fourth-order valence-electron chi connectivity index (χ4n) is 1.20. The van der Waals surface area contributed by atoms with Crippen molar-refractivity contribution in [3.63, 3.8) is 0 Å². The van der Waals surface area contributed by atoms with Crippen LogP contribution in [0.4, 0.5) is 0 Å². The number of carbonyl (C=O) groups is 1. The zero-order valence-electron chi connectivity index (χ0n) is 7.12. The summed E-state index contributed by atoms with van der Waals surface area (Å²) in [6, 6.07) is 0. The third-order valence-electron chi connectivity index (χ3n) is 1.96. The van der Waals surface area contributed by atoms with Gasteiger partial charge in [-0.25, -0.2) is 4.31 Å². The lowest BCUT2D eigenvalue weighted by Crippen LogP contribution is -2.46. The molecule has 0 aliphatic carbocycles. The average Bonchev–Trinajstić information content (AvgIpc) is 2.17. The fraction of sp³-hybridized carbons (Fsp3) is 0.857. The molecule has 5 heteroatoms. The summed E-state index contributed by atoms with van der Waals surface area (Å²) in [5, 5.41) is 0. The second-order valence-corrected chi connectivity index (χ2v) is 3.77. The van der Waals surface area contributed by atoms with Crippen molar-refractivity contribution < 1.29 is 4.79 Å². The average molecular weight is 209 g/mol. The molecule has 0 radical (unpaired) electrons. The molecule has 0 saturated carbocycles. The van der Waals surface area contributed by atoms with E-state index in [1.54, 1.807) is 11.9 Å². The highest BCUT2D eigenvalue weighted by atomic mass is 35.5. The van der Waals surface area contributed by atoms with Crippen LogP contribution in [0, 0.1) is 0 Å². The highest BCUT2D eigenvalue weighted by molar-refractivity contribution is 7.96. The number of hydrogen-bond acceptors (Lipinski definition) is 3. The van der Waals surface area contributed by atoms with Gasteiger partial charge in [-0.15, -0.1) is 11.6 Å². The smallest absolute Gasteiger partial charge is 0.237 e. The van der Waals surface area contributed by atoms with E-state index in [0.717, 1.165) is 26.2 Å². The maximum absolute atomic E-state index is 11.1. The molecule has 0 N–H and O–H groups in total. The van der Waals surface area contributed by atoms with Gasteiger partial charge in [-0.3, -0.25) is 4.79 Å². The van der Waals surface area contributed by atoms with Gasteiger partial charge in [0.25, 0.3) is 0 Å². The fourth-order valence-corrected chi connectivity index (χ4v) is 1.90. The molecule has 1 rings (SSSR count). The van der Waals surface area contributed by atoms with Gasteiger partial charge in [-0.2, -0.15) is 0 Å². The van der Waals surface area contributed by atoms with Gasteiger partial charge in [0.1, 0.15) is 5.88 Å². The summed E-state index contributed by atoms with van der Waals surface area (Å²) in [5.41, 5.74) is 0. The monoisotopic (exact) mass is 208 g/mol. The first-order valence-corrected chi connectivity index (χ1v) is 5.62. The Morgan fingerprint density at radius 1 is 1.42 bits per heavy atom. The molecule has 1 aliphatic heterocycles. The van der Waals surface area contributed by atoms with Crippen molar-refractivity contribution in [2.45, 2.75) is 0 Å². The van der Waals surface area contributed by atoms with Gasteiger partial charge in [-0.05, 0) is 6.26 Å². The van der Waals surface area contributed by atoms with Gasteiger partial charge in [0.05, 0.1) is 0 Å². The van der Waals surface area contributed by atoms with E-state index in [-0.39, 0.29) is 11.8 Å². The number of piperazine rings is 1. The summed E-state index contributed by atoms with van der Waals surface area (Å²) in [6.07, 6.45) is 2.05. The van der Waals surface area contributed by atoms with Crippen LogP contribution >= 0.6 is 23.5 Å². The maximum Gasteiger partial charge on any atom is 0.237 e. The number of hydrogen-bond donors (Lipinski definition) is 0. The van der Waals surface area contributed by atoms with Crippen molar-refractivity contribution in [2.75, 3.05) is 38.3 Å². The molecule has 0 bridgehead atoms. The lowest BCUT2D eigenvalue weighted by molar-refractivity contribution is -0.129. The molecule has 1 aliphatic rings. The summed E-state index contributed by atoms with van der Waals surface area (Å²) >= 11 is 7.18. The highest BCUT2D eigenvalue weighted by Crippen LogP contribution is 2.09. The number of rotatable bonds is 2. The molecular formula is C7H13ClN2OS. The Labute approximate surface area is 82.2 Å². The largest absolute Gasteiger partial charge is 0.339 e. The minimum absolute atomic E-state index is 0.0532. The predicted molar refractivity (Wildman–Crippen MR) is 52.4 cm³/mol. The molecule has 1 saturated heterocycles. The molecule has 3 nitrogen and oxygen atoms in total. The highest BCUT2D eigenvalue weighted by Gasteiger charge is 2.19. The van der Waals surface area contributed by atoms with Crippen LogP contribution in [-0.2, 0) is 4.79 Å². The molecule has 0 aromatic carbocycles. The molecule has 12 heavy (non-hydrogen) atoms. The van der Waals surface area contributed by atoms with E-state index in [9.17, 15) is 4.79 Å². The van der Waals surface area contributed by atoms with Gasteiger partial charge < -0.3 is 4.90 Å². The van der Waals surface area contributed by atoms with Gasteiger partial charge in [0.2, 0.25) is 5.91 Å². The van der Waals surface area contributed by atoms with Crippen molar-refractivity contribution in [3.8, 4) is 0 Å². The number of nitrogens with zero attached hydrogens (tertiary/aromatic N) is 2. The predicted octanol–water partition coefficient (Wildman–Crippen LogP) is 0.647. The van der Waals surface area contributed by atoms with E-state index in [4.69, 9.17) is 11.6 Å². The minimum Gasteiger partial charge on any atom is -0.339 e. The van der Waals surface area contributed by atoms with Crippen LogP contribution in [0.1, 0.15) is 0 Å².